The van der Waals surface area contributed by atoms with E-state index in [0.717, 1.165) is 49.7 Å². The molecule has 0 amide bonds. The normalized spacial score (nSPS) is 16.8. The van der Waals surface area contributed by atoms with Crippen LogP contribution >= 0.6 is 0 Å². The first kappa shape index (κ1) is 15.3. The van der Waals surface area contributed by atoms with Crippen LogP contribution in [0.3, 0.4) is 0 Å². The molecule has 0 radical (unpaired) electrons. The lowest BCUT2D eigenvalue weighted by Crippen LogP contribution is -2.32. The number of rotatable bonds is 4. The predicted molar refractivity (Wildman–Crippen MR) is 93.3 cm³/mol. The van der Waals surface area contributed by atoms with Crippen LogP contribution in [0.2, 0.25) is 0 Å². The number of piperidine rings is 1. The van der Waals surface area contributed by atoms with Crippen molar-refractivity contribution in [3.05, 3.63) is 47.5 Å². The van der Waals surface area contributed by atoms with Crippen LogP contribution in [0.25, 0.3) is 10.9 Å². The van der Waals surface area contributed by atoms with Crippen LogP contribution in [0.4, 0.5) is 0 Å². The standard InChI is InChI=1S/C19H23N3O2/c1-13-9-16(24-21-13)12-22-7-5-14(6-8-22)18-11-20-19-4-3-15(23-2)10-17(18)19/h3-4,9-11,14,20H,5-8,12H2,1-2H3. The molecule has 126 valence electrons. The van der Waals surface area contributed by atoms with E-state index in [1.54, 1.807) is 7.11 Å². The van der Waals surface area contributed by atoms with Gasteiger partial charge in [0.1, 0.15) is 5.75 Å². The quantitative estimate of drug-likeness (QED) is 0.791. The molecule has 0 aliphatic carbocycles. The van der Waals surface area contributed by atoms with E-state index in [9.17, 15) is 0 Å². The summed E-state index contributed by atoms with van der Waals surface area (Å²) in [5.74, 6) is 2.47. The van der Waals surface area contributed by atoms with Gasteiger partial charge in [0, 0.05) is 23.2 Å². The average molecular weight is 325 g/mol. The molecule has 3 aromatic rings. The summed E-state index contributed by atoms with van der Waals surface area (Å²) in [4.78, 5) is 5.85. The summed E-state index contributed by atoms with van der Waals surface area (Å²) < 4.78 is 10.7. The van der Waals surface area contributed by atoms with Crippen molar-refractivity contribution in [2.24, 2.45) is 0 Å². The first-order chi connectivity index (χ1) is 11.7. The van der Waals surface area contributed by atoms with Gasteiger partial charge in [-0.1, -0.05) is 5.16 Å². The molecule has 5 nitrogen and oxygen atoms in total. The number of fused-ring (bicyclic) bond motifs is 1. The second kappa shape index (κ2) is 6.32. The lowest BCUT2D eigenvalue weighted by molar-refractivity contribution is 0.184. The number of aromatic nitrogens is 2. The molecule has 0 bridgehead atoms. The number of ether oxygens (including phenoxy) is 1. The maximum Gasteiger partial charge on any atom is 0.150 e. The summed E-state index contributed by atoms with van der Waals surface area (Å²) in [5, 5.41) is 5.26. The Labute approximate surface area is 141 Å². The largest absolute Gasteiger partial charge is 0.497 e. The van der Waals surface area contributed by atoms with Crippen LogP contribution in [0.1, 0.15) is 35.8 Å². The number of methoxy groups -OCH3 is 1. The third-order valence-electron chi connectivity index (χ3n) is 5.00. The second-order valence-corrected chi connectivity index (χ2v) is 6.64. The number of hydrogen-bond acceptors (Lipinski definition) is 4. The summed E-state index contributed by atoms with van der Waals surface area (Å²) in [6.07, 6.45) is 4.50. The van der Waals surface area contributed by atoms with Crippen LogP contribution in [0.15, 0.2) is 35.0 Å². The molecule has 0 saturated carbocycles. The SMILES string of the molecule is COc1ccc2[nH]cc(C3CCN(Cc4cc(C)no4)CC3)c2c1. The molecule has 0 spiro atoms. The summed E-state index contributed by atoms with van der Waals surface area (Å²) in [5.41, 5.74) is 3.55. The minimum atomic E-state index is 0.596. The molecule has 4 rings (SSSR count). The first-order valence-corrected chi connectivity index (χ1v) is 8.52. The smallest absolute Gasteiger partial charge is 0.150 e. The fourth-order valence-corrected chi connectivity index (χ4v) is 3.70. The van der Waals surface area contributed by atoms with Crippen LogP contribution in [0.5, 0.6) is 5.75 Å². The maximum absolute atomic E-state index is 5.38. The number of H-pyrrole nitrogens is 1. The molecule has 1 N–H and O–H groups in total. The molecule has 1 aliphatic heterocycles. The van der Waals surface area contributed by atoms with Gasteiger partial charge >= 0.3 is 0 Å². The highest BCUT2D eigenvalue weighted by atomic mass is 16.5. The Morgan fingerprint density at radius 1 is 1.29 bits per heavy atom. The molecule has 3 heterocycles. The zero-order valence-electron chi connectivity index (χ0n) is 14.2. The molecule has 0 atom stereocenters. The van der Waals surface area contributed by atoms with E-state index in [0.29, 0.717) is 5.92 Å². The van der Waals surface area contributed by atoms with Gasteiger partial charge in [-0.25, -0.2) is 0 Å². The van der Waals surface area contributed by atoms with E-state index in [2.05, 4.69) is 33.4 Å². The van der Waals surface area contributed by atoms with Gasteiger partial charge in [0.15, 0.2) is 5.76 Å². The van der Waals surface area contributed by atoms with E-state index in [1.807, 2.05) is 19.1 Å². The highest BCUT2D eigenvalue weighted by Gasteiger charge is 2.23. The molecule has 1 aromatic carbocycles. The highest BCUT2D eigenvalue weighted by Crippen LogP contribution is 2.34. The zero-order valence-corrected chi connectivity index (χ0v) is 14.2. The number of nitrogens with one attached hydrogen (secondary N) is 1. The van der Waals surface area contributed by atoms with Crippen molar-refractivity contribution in [2.45, 2.75) is 32.2 Å². The van der Waals surface area contributed by atoms with E-state index >= 15 is 0 Å². The summed E-state index contributed by atoms with van der Waals surface area (Å²) >= 11 is 0. The number of benzene rings is 1. The van der Waals surface area contributed by atoms with Gasteiger partial charge in [0.2, 0.25) is 0 Å². The topological polar surface area (TPSA) is 54.3 Å². The molecule has 0 unspecified atom stereocenters. The molecule has 1 fully saturated rings. The fraction of sp³-hybridized carbons (Fsp3) is 0.421. The zero-order chi connectivity index (χ0) is 16.5. The summed E-state index contributed by atoms with van der Waals surface area (Å²) in [7, 11) is 1.72. The second-order valence-electron chi connectivity index (χ2n) is 6.64. The molecule has 24 heavy (non-hydrogen) atoms. The molecule has 5 heteroatoms. The summed E-state index contributed by atoms with van der Waals surface area (Å²) in [6.45, 7) is 4.99. The highest BCUT2D eigenvalue weighted by molar-refractivity contribution is 5.85. The number of aryl methyl sites for hydroxylation is 1. The third-order valence-corrected chi connectivity index (χ3v) is 5.00. The van der Waals surface area contributed by atoms with E-state index in [4.69, 9.17) is 9.26 Å². The summed E-state index contributed by atoms with van der Waals surface area (Å²) in [6, 6.07) is 8.27. The van der Waals surface area contributed by atoms with Crippen molar-refractivity contribution in [3.8, 4) is 5.75 Å². The number of likely N-dealkylation sites (tertiary alicyclic amines) is 1. The monoisotopic (exact) mass is 325 g/mol. The van der Waals surface area contributed by atoms with Crippen molar-refractivity contribution in [1.29, 1.82) is 0 Å². The van der Waals surface area contributed by atoms with E-state index in [-0.39, 0.29) is 0 Å². The lowest BCUT2D eigenvalue weighted by atomic mass is 9.89. The Kier molecular flexibility index (Phi) is 4.02. The van der Waals surface area contributed by atoms with Gasteiger partial charge in [0.25, 0.3) is 0 Å². The van der Waals surface area contributed by atoms with Gasteiger partial charge in [-0.2, -0.15) is 0 Å². The van der Waals surface area contributed by atoms with E-state index in [1.165, 1.54) is 16.5 Å². The predicted octanol–water partition coefficient (Wildman–Crippen LogP) is 3.85. The number of aromatic amines is 1. The number of hydrogen-bond donors (Lipinski definition) is 1. The Balaban J connectivity index is 1.45. The van der Waals surface area contributed by atoms with E-state index < -0.39 is 0 Å². The number of nitrogens with zero attached hydrogens (tertiary/aromatic N) is 2. The Hall–Kier alpha value is -2.27. The van der Waals surface area contributed by atoms with Gasteiger partial charge in [-0.05, 0) is 62.5 Å². The molecule has 1 aliphatic rings. The maximum atomic E-state index is 5.38. The molecule has 1 saturated heterocycles. The minimum absolute atomic E-state index is 0.596. The van der Waals surface area contributed by atoms with Crippen LogP contribution < -0.4 is 4.74 Å². The van der Waals surface area contributed by atoms with Crippen molar-refractivity contribution in [3.63, 3.8) is 0 Å². The Morgan fingerprint density at radius 3 is 2.83 bits per heavy atom. The van der Waals surface area contributed by atoms with Crippen LogP contribution in [-0.4, -0.2) is 35.2 Å². The van der Waals surface area contributed by atoms with Gasteiger partial charge in [-0.3, -0.25) is 4.90 Å². The van der Waals surface area contributed by atoms with Crippen LogP contribution in [-0.2, 0) is 6.54 Å². The van der Waals surface area contributed by atoms with Crippen molar-refractivity contribution in [2.75, 3.05) is 20.2 Å². The van der Waals surface area contributed by atoms with Crippen molar-refractivity contribution in [1.82, 2.24) is 15.0 Å². The molecule has 2 aromatic heterocycles. The van der Waals surface area contributed by atoms with Crippen LogP contribution in [0, 0.1) is 6.92 Å². The third kappa shape index (κ3) is 2.91. The fourth-order valence-electron chi connectivity index (χ4n) is 3.70. The molecular weight excluding hydrogens is 302 g/mol. The first-order valence-electron chi connectivity index (χ1n) is 8.52. The Bertz CT molecular complexity index is 828. The minimum Gasteiger partial charge on any atom is -0.497 e. The lowest BCUT2D eigenvalue weighted by Gasteiger charge is -2.31. The van der Waals surface area contributed by atoms with Gasteiger partial charge < -0.3 is 14.2 Å². The molecular formula is C19H23N3O2. The average Bonchev–Trinajstić information content (AvgIpc) is 3.21. The van der Waals surface area contributed by atoms with Gasteiger partial charge in [0.05, 0.1) is 19.3 Å². The Morgan fingerprint density at radius 2 is 2.12 bits per heavy atom. The van der Waals surface area contributed by atoms with Crippen molar-refractivity contribution < 1.29 is 9.26 Å². The van der Waals surface area contributed by atoms with Crippen molar-refractivity contribution >= 4 is 10.9 Å². The van der Waals surface area contributed by atoms with Gasteiger partial charge in [-0.15, -0.1) is 0 Å².